The lowest BCUT2D eigenvalue weighted by Crippen LogP contribution is -2.37. The molecule has 3 N–H and O–H groups in total. The Morgan fingerprint density at radius 2 is 1.67 bits per heavy atom. The van der Waals surface area contributed by atoms with Crippen LogP contribution >= 0.6 is 0 Å². The number of primary amides is 1. The molecule has 0 aliphatic heterocycles. The normalized spacial score (nSPS) is 11.4. The number of carbonyl (C=O) groups excluding carboxylic acids is 2. The zero-order valence-electron chi connectivity index (χ0n) is 13.4. The number of nitrogens with one attached hydrogen (secondary N) is 1. The number of nitrogens with two attached hydrogens (primary N) is 1. The lowest BCUT2D eigenvalue weighted by atomic mass is 10.1. The van der Waals surface area contributed by atoms with Gasteiger partial charge < -0.3 is 20.5 Å². The van der Waals surface area contributed by atoms with Gasteiger partial charge in [0.1, 0.15) is 6.04 Å². The van der Waals surface area contributed by atoms with E-state index in [0.29, 0.717) is 17.1 Å². The Balaban J connectivity index is 1.89. The first-order chi connectivity index (χ1) is 11.6. The van der Waals surface area contributed by atoms with Crippen LogP contribution in [0, 0.1) is 0 Å². The second kappa shape index (κ2) is 8.57. The third-order valence-corrected chi connectivity index (χ3v) is 3.38. The second-order valence-corrected chi connectivity index (χ2v) is 5.06. The van der Waals surface area contributed by atoms with Crippen molar-refractivity contribution < 1.29 is 19.1 Å². The fourth-order valence-corrected chi connectivity index (χ4v) is 2.19. The largest absolute Gasteiger partial charge is 0.493 e. The Labute approximate surface area is 140 Å². The summed E-state index contributed by atoms with van der Waals surface area (Å²) in [6.07, 6.45) is 0.0919. The van der Waals surface area contributed by atoms with E-state index in [4.69, 9.17) is 15.2 Å². The van der Waals surface area contributed by atoms with Crippen LogP contribution < -0.4 is 20.5 Å². The Hall–Kier alpha value is -3.02. The maximum atomic E-state index is 12.0. The highest BCUT2D eigenvalue weighted by molar-refractivity contribution is 5.87. The van der Waals surface area contributed by atoms with E-state index in [1.165, 1.54) is 0 Å². The number of para-hydroxylation sites is 2. The number of hydrogen-bond donors (Lipinski definition) is 2. The molecule has 2 aromatic carbocycles. The van der Waals surface area contributed by atoms with Gasteiger partial charge in [0.05, 0.1) is 20.1 Å². The summed E-state index contributed by atoms with van der Waals surface area (Å²) in [6, 6.07) is 15.2. The van der Waals surface area contributed by atoms with Crippen LogP contribution in [0.1, 0.15) is 18.0 Å². The van der Waals surface area contributed by atoms with Crippen molar-refractivity contribution in [2.45, 2.75) is 12.5 Å². The van der Waals surface area contributed by atoms with Gasteiger partial charge >= 0.3 is 0 Å². The molecule has 0 bridgehead atoms. The van der Waals surface area contributed by atoms with Crippen molar-refractivity contribution in [1.29, 1.82) is 0 Å². The van der Waals surface area contributed by atoms with Crippen molar-refractivity contribution >= 4 is 11.8 Å². The highest BCUT2D eigenvalue weighted by Gasteiger charge is 2.19. The van der Waals surface area contributed by atoms with Crippen molar-refractivity contribution in [2.75, 3.05) is 13.7 Å². The van der Waals surface area contributed by atoms with Gasteiger partial charge in [-0.05, 0) is 17.7 Å². The van der Waals surface area contributed by atoms with E-state index in [-0.39, 0.29) is 18.9 Å². The van der Waals surface area contributed by atoms with Crippen LogP contribution in [0.2, 0.25) is 0 Å². The van der Waals surface area contributed by atoms with Gasteiger partial charge in [-0.15, -0.1) is 0 Å². The number of methoxy groups -OCH3 is 1. The second-order valence-electron chi connectivity index (χ2n) is 5.06. The maximum absolute atomic E-state index is 12.0. The van der Waals surface area contributed by atoms with E-state index in [1.54, 1.807) is 43.5 Å². The molecule has 0 saturated heterocycles. The maximum Gasteiger partial charge on any atom is 0.244 e. The molecule has 0 unspecified atom stereocenters. The summed E-state index contributed by atoms with van der Waals surface area (Å²) in [5, 5.41) is 2.62. The quantitative estimate of drug-likeness (QED) is 0.773. The summed E-state index contributed by atoms with van der Waals surface area (Å²) in [6.45, 7) is 0.159. The molecule has 2 rings (SSSR count). The van der Waals surface area contributed by atoms with Crippen molar-refractivity contribution in [1.82, 2.24) is 5.32 Å². The number of rotatable bonds is 8. The first kappa shape index (κ1) is 17.3. The predicted octanol–water partition coefficient (Wildman–Crippen LogP) is 1.81. The van der Waals surface area contributed by atoms with Gasteiger partial charge in [-0.2, -0.15) is 0 Å². The standard InChI is InChI=1S/C18H20N2O4/c1-23-14-9-5-6-10-15(14)24-12-11-16(21)20-17(18(19)22)13-7-3-2-4-8-13/h2-10,17H,11-12H2,1H3,(H2,19,22)(H,20,21)/t17-/m0/s1. The molecule has 6 heteroatoms. The van der Waals surface area contributed by atoms with Gasteiger partial charge in [-0.25, -0.2) is 0 Å². The van der Waals surface area contributed by atoms with Gasteiger partial charge in [0.15, 0.2) is 11.5 Å². The van der Waals surface area contributed by atoms with E-state index in [9.17, 15) is 9.59 Å². The van der Waals surface area contributed by atoms with Crippen LogP contribution in [0.25, 0.3) is 0 Å². The van der Waals surface area contributed by atoms with E-state index < -0.39 is 11.9 Å². The van der Waals surface area contributed by atoms with Crippen molar-refractivity contribution in [3.63, 3.8) is 0 Å². The molecule has 1 atom stereocenters. The zero-order chi connectivity index (χ0) is 17.4. The van der Waals surface area contributed by atoms with Gasteiger partial charge in [-0.3, -0.25) is 9.59 Å². The highest BCUT2D eigenvalue weighted by Crippen LogP contribution is 2.25. The average Bonchev–Trinajstić information content (AvgIpc) is 2.60. The molecule has 126 valence electrons. The van der Waals surface area contributed by atoms with Crippen LogP contribution in [-0.2, 0) is 9.59 Å². The summed E-state index contributed by atoms with van der Waals surface area (Å²) in [5.41, 5.74) is 6.02. The zero-order valence-corrected chi connectivity index (χ0v) is 13.4. The van der Waals surface area contributed by atoms with Crippen LogP contribution in [0.5, 0.6) is 11.5 Å². The molecule has 0 aliphatic rings. The molecule has 0 spiro atoms. The first-order valence-corrected chi connectivity index (χ1v) is 7.51. The molecule has 0 aromatic heterocycles. The van der Waals surface area contributed by atoms with E-state index in [1.807, 2.05) is 18.2 Å². The minimum atomic E-state index is -0.857. The molecule has 6 nitrogen and oxygen atoms in total. The van der Waals surface area contributed by atoms with Crippen LogP contribution in [0.4, 0.5) is 0 Å². The fraction of sp³-hybridized carbons (Fsp3) is 0.222. The van der Waals surface area contributed by atoms with Crippen LogP contribution in [0.15, 0.2) is 54.6 Å². The van der Waals surface area contributed by atoms with Gasteiger partial charge in [0.2, 0.25) is 11.8 Å². The monoisotopic (exact) mass is 328 g/mol. The summed E-state index contributed by atoms with van der Waals surface area (Å²) in [5.74, 6) is 0.220. The molecule has 0 aliphatic carbocycles. The van der Waals surface area contributed by atoms with Crippen LogP contribution in [0.3, 0.4) is 0 Å². The number of ether oxygens (including phenoxy) is 2. The Morgan fingerprint density at radius 3 is 2.29 bits per heavy atom. The number of amides is 2. The SMILES string of the molecule is COc1ccccc1OCCC(=O)N[C@H](C(N)=O)c1ccccc1. The third-order valence-electron chi connectivity index (χ3n) is 3.38. The third kappa shape index (κ3) is 4.74. The molecular formula is C18H20N2O4. The average molecular weight is 328 g/mol. The minimum Gasteiger partial charge on any atom is -0.493 e. The molecule has 0 fully saturated rings. The Morgan fingerprint density at radius 1 is 1.04 bits per heavy atom. The summed E-state index contributed by atoms with van der Waals surface area (Å²) in [7, 11) is 1.55. The lowest BCUT2D eigenvalue weighted by Gasteiger charge is -2.16. The number of benzene rings is 2. The molecule has 24 heavy (non-hydrogen) atoms. The predicted molar refractivity (Wildman–Crippen MR) is 89.6 cm³/mol. The van der Waals surface area contributed by atoms with Crippen molar-refractivity contribution in [2.24, 2.45) is 5.73 Å². The molecule has 0 radical (unpaired) electrons. The number of hydrogen-bond acceptors (Lipinski definition) is 4. The molecule has 0 heterocycles. The van der Waals surface area contributed by atoms with Gasteiger partial charge in [0, 0.05) is 0 Å². The topological polar surface area (TPSA) is 90.7 Å². The van der Waals surface area contributed by atoms with E-state index in [2.05, 4.69) is 5.32 Å². The summed E-state index contributed by atoms with van der Waals surface area (Å²) >= 11 is 0. The van der Waals surface area contributed by atoms with Crippen molar-refractivity contribution in [3.8, 4) is 11.5 Å². The highest BCUT2D eigenvalue weighted by atomic mass is 16.5. The summed E-state index contributed by atoms with van der Waals surface area (Å²) in [4.78, 5) is 23.6. The number of carbonyl (C=O) groups is 2. The summed E-state index contributed by atoms with van der Waals surface area (Å²) < 4.78 is 10.7. The van der Waals surface area contributed by atoms with Gasteiger partial charge in [-0.1, -0.05) is 42.5 Å². The Kier molecular flexibility index (Phi) is 6.19. The smallest absolute Gasteiger partial charge is 0.244 e. The van der Waals surface area contributed by atoms with E-state index in [0.717, 1.165) is 0 Å². The molecular weight excluding hydrogens is 308 g/mol. The van der Waals surface area contributed by atoms with Crippen molar-refractivity contribution in [3.05, 3.63) is 60.2 Å². The molecule has 2 aromatic rings. The van der Waals surface area contributed by atoms with E-state index >= 15 is 0 Å². The van der Waals surface area contributed by atoms with Gasteiger partial charge in [0.25, 0.3) is 0 Å². The fourth-order valence-electron chi connectivity index (χ4n) is 2.19. The van der Waals surface area contributed by atoms with Crippen LogP contribution in [-0.4, -0.2) is 25.5 Å². The lowest BCUT2D eigenvalue weighted by molar-refractivity contribution is -0.127. The molecule has 2 amide bonds. The Bertz CT molecular complexity index is 688. The first-order valence-electron chi connectivity index (χ1n) is 7.51. The molecule has 0 saturated carbocycles. The minimum absolute atomic E-state index is 0.0919.